The monoisotopic (exact) mass is 421 g/mol. The molecule has 164 valence electrons. The minimum Gasteiger partial charge on any atom is -0.453 e. The normalized spacial score (nSPS) is 29.4. The van der Waals surface area contributed by atoms with Crippen LogP contribution in [0.3, 0.4) is 0 Å². The summed E-state index contributed by atoms with van der Waals surface area (Å²) in [6.45, 7) is 1.86. The van der Waals surface area contributed by atoms with Crippen molar-refractivity contribution in [2.24, 2.45) is 5.41 Å². The third kappa shape index (κ3) is 3.92. The van der Waals surface area contributed by atoms with Gasteiger partial charge in [-0.25, -0.2) is 14.2 Å². The molecule has 1 spiro atoms. The van der Waals surface area contributed by atoms with Crippen molar-refractivity contribution in [2.45, 2.75) is 57.1 Å². The number of ether oxygens (including phenoxy) is 1. The van der Waals surface area contributed by atoms with Gasteiger partial charge < -0.3 is 19.6 Å². The van der Waals surface area contributed by atoms with Crippen molar-refractivity contribution in [1.82, 2.24) is 14.9 Å². The number of methoxy groups -OCH3 is 1. The zero-order chi connectivity index (χ0) is 21.3. The van der Waals surface area contributed by atoms with Gasteiger partial charge in [0.15, 0.2) is 11.6 Å². The molecule has 3 aliphatic rings. The van der Waals surface area contributed by atoms with Crippen LogP contribution in [0.2, 0.25) is 0 Å². The Morgan fingerprint density at radius 3 is 2.80 bits per heavy atom. The molecule has 2 aliphatic heterocycles. The van der Waals surface area contributed by atoms with Gasteiger partial charge in [-0.2, -0.15) is 4.98 Å². The summed E-state index contributed by atoms with van der Waals surface area (Å²) < 4.78 is 18.5. The summed E-state index contributed by atoms with van der Waals surface area (Å²) in [6, 6.07) is 0.202. The quantitative estimate of drug-likeness (QED) is 0.768. The Labute approximate surface area is 174 Å². The van der Waals surface area contributed by atoms with Crippen LogP contribution in [0.15, 0.2) is 6.20 Å². The Balaban J connectivity index is 1.49. The molecule has 1 saturated carbocycles. The van der Waals surface area contributed by atoms with E-state index in [1.165, 1.54) is 7.11 Å². The minimum atomic E-state index is -0.812. The van der Waals surface area contributed by atoms with Crippen molar-refractivity contribution in [3.8, 4) is 0 Å². The fraction of sp³-hybridized carbons (Fsp3) is 0.700. The van der Waals surface area contributed by atoms with Crippen LogP contribution < -0.4 is 10.2 Å². The molecule has 2 N–H and O–H groups in total. The molecule has 3 heterocycles. The highest BCUT2D eigenvalue weighted by Crippen LogP contribution is 2.43. The standard InChI is InChI=1S/C20H28FN5O4/c1-30-19(29)24-16-15(21)11-22-18(23-16)25-9-2-7-20(12-25)8-10-26(17(20)28)13-3-5-14(27)6-4-13/h11,13-14,27H,2-10,12H2,1H3,(H,22,23,24,29)/t13?,14?,20-/m0/s1. The average molecular weight is 421 g/mol. The summed E-state index contributed by atoms with van der Waals surface area (Å²) in [5, 5.41) is 12.0. The number of anilines is 2. The van der Waals surface area contributed by atoms with E-state index >= 15 is 0 Å². The van der Waals surface area contributed by atoms with E-state index in [9.17, 15) is 19.1 Å². The summed E-state index contributed by atoms with van der Waals surface area (Å²) in [5.41, 5.74) is -0.484. The lowest BCUT2D eigenvalue weighted by Crippen LogP contribution is -2.50. The summed E-state index contributed by atoms with van der Waals surface area (Å²) in [5.74, 6) is -0.539. The summed E-state index contributed by atoms with van der Waals surface area (Å²) in [4.78, 5) is 37.0. The van der Waals surface area contributed by atoms with Crippen LogP contribution >= 0.6 is 0 Å². The van der Waals surface area contributed by atoms with Gasteiger partial charge in [0, 0.05) is 25.7 Å². The fourth-order valence-corrected chi connectivity index (χ4v) is 4.99. The van der Waals surface area contributed by atoms with E-state index in [2.05, 4.69) is 20.0 Å². The number of nitrogens with zero attached hydrogens (tertiary/aromatic N) is 4. The lowest BCUT2D eigenvalue weighted by molar-refractivity contribution is -0.139. The van der Waals surface area contributed by atoms with Crippen LogP contribution in [0.25, 0.3) is 0 Å². The summed E-state index contributed by atoms with van der Waals surface area (Å²) in [6.07, 6.45) is 5.52. The highest BCUT2D eigenvalue weighted by molar-refractivity contribution is 5.86. The molecular weight excluding hydrogens is 393 g/mol. The van der Waals surface area contributed by atoms with E-state index < -0.39 is 17.3 Å². The first kappa shape index (κ1) is 20.8. The van der Waals surface area contributed by atoms with Crippen molar-refractivity contribution < 1.29 is 23.8 Å². The van der Waals surface area contributed by atoms with Gasteiger partial charge in [-0.3, -0.25) is 10.1 Å². The summed E-state index contributed by atoms with van der Waals surface area (Å²) >= 11 is 0. The lowest BCUT2D eigenvalue weighted by Gasteiger charge is -2.40. The third-order valence-corrected chi connectivity index (χ3v) is 6.65. The van der Waals surface area contributed by atoms with Gasteiger partial charge in [-0.1, -0.05) is 0 Å². The Kier molecular flexibility index (Phi) is 5.77. The van der Waals surface area contributed by atoms with E-state index in [1.807, 2.05) is 9.80 Å². The van der Waals surface area contributed by atoms with Crippen LogP contribution in [-0.4, -0.2) is 70.9 Å². The maximum absolute atomic E-state index is 14.0. The van der Waals surface area contributed by atoms with Gasteiger partial charge in [0.1, 0.15) is 0 Å². The number of amides is 2. The topological polar surface area (TPSA) is 108 Å². The second kappa shape index (κ2) is 8.33. The van der Waals surface area contributed by atoms with E-state index in [-0.39, 0.29) is 29.8 Å². The number of hydrogen-bond donors (Lipinski definition) is 2. The average Bonchev–Trinajstić information content (AvgIpc) is 3.05. The number of carbonyl (C=O) groups is 2. The van der Waals surface area contributed by atoms with E-state index in [1.54, 1.807) is 0 Å². The Bertz CT molecular complexity index is 816. The number of halogens is 1. The molecule has 0 unspecified atom stereocenters. The minimum absolute atomic E-state index is 0.170. The number of piperidine rings is 1. The first-order valence-electron chi connectivity index (χ1n) is 10.5. The highest BCUT2D eigenvalue weighted by atomic mass is 19.1. The van der Waals surface area contributed by atoms with Crippen LogP contribution in [0.1, 0.15) is 44.9 Å². The van der Waals surface area contributed by atoms with Crippen molar-refractivity contribution >= 4 is 23.8 Å². The van der Waals surface area contributed by atoms with Crippen molar-refractivity contribution in [1.29, 1.82) is 0 Å². The zero-order valence-corrected chi connectivity index (χ0v) is 17.1. The van der Waals surface area contributed by atoms with E-state index in [0.29, 0.717) is 13.1 Å². The molecule has 30 heavy (non-hydrogen) atoms. The van der Waals surface area contributed by atoms with Gasteiger partial charge in [-0.05, 0) is 44.9 Å². The number of nitrogens with one attached hydrogen (secondary N) is 1. The van der Waals surface area contributed by atoms with Gasteiger partial charge in [0.05, 0.1) is 24.8 Å². The predicted molar refractivity (Wildman–Crippen MR) is 106 cm³/mol. The van der Waals surface area contributed by atoms with E-state index in [0.717, 1.165) is 57.7 Å². The number of aliphatic hydroxyl groups is 1. The molecule has 1 aliphatic carbocycles. The van der Waals surface area contributed by atoms with Crippen molar-refractivity contribution in [3.63, 3.8) is 0 Å². The van der Waals surface area contributed by atoms with Gasteiger partial charge in [0.2, 0.25) is 11.9 Å². The molecule has 0 bridgehead atoms. The zero-order valence-electron chi connectivity index (χ0n) is 17.1. The maximum Gasteiger partial charge on any atom is 0.412 e. The smallest absolute Gasteiger partial charge is 0.412 e. The molecule has 0 radical (unpaired) electrons. The first-order valence-corrected chi connectivity index (χ1v) is 10.5. The number of carbonyl (C=O) groups excluding carboxylic acids is 2. The first-order chi connectivity index (χ1) is 14.4. The van der Waals surface area contributed by atoms with Crippen molar-refractivity contribution in [3.05, 3.63) is 12.0 Å². The summed E-state index contributed by atoms with van der Waals surface area (Å²) in [7, 11) is 1.19. The molecule has 4 rings (SSSR count). The molecule has 10 heteroatoms. The second-order valence-corrected chi connectivity index (χ2v) is 8.50. The number of aliphatic hydroxyl groups excluding tert-OH is 1. The predicted octanol–water partition coefficient (Wildman–Crippen LogP) is 1.92. The number of likely N-dealkylation sites (tertiary alicyclic amines) is 1. The van der Waals surface area contributed by atoms with Crippen molar-refractivity contribution in [2.75, 3.05) is 37.0 Å². The van der Waals surface area contributed by atoms with E-state index in [4.69, 9.17) is 0 Å². The lowest BCUT2D eigenvalue weighted by atomic mass is 9.78. The molecule has 1 aromatic heterocycles. The number of aromatic nitrogens is 2. The van der Waals surface area contributed by atoms with Crippen LogP contribution in [0, 0.1) is 11.2 Å². The van der Waals surface area contributed by atoms with Gasteiger partial charge in [0.25, 0.3) is 0 Å². The number of rotatable bonds is 3. The molecule has 2 saturated heterocycles. The molecule has 9 nitrogen and oxygen atoms in total. The van der Waals surface area contributed by atoms with Crippen LogP contribution in [0.5, 0.6) is 0 Å². The van der Waals surface area contributed by atoms with Gasteiger partial charge in [-0.15, -0.1) is 0 Å². The molecule has 1 atom stereocenters. The molecule has 1 aromatic rings. The van der Waals surface area contributed by atoms with Gasteiger partial charge >= 0.3 is 6.09 Å². The highest BCUT2D eigenvalue weighted by Gasteiger charge is 2.51. The number of hydrogen-bond acceptors (Lipinski definition) is 7. The maximum atomic E-state index is 14.0. The SMILES string of the molecule is COC(=O)Nc1nc(N2CCC[C@]3(CCN(C4CCC(O)CC4)C3=O)C2)ncc1F. The molecule has 3 fully saturated rings. The molecular formula is C20H28FN5O4. The largest absolute Gasteiger partial charge is 0.453 e. The molecule has 2 amide bonds. The Hall–Kier alpha value is -2.49. The van der Waals surface area contributed by atoms with Crippen LogP contribution in [0.4, 0.5) is 21.0 Å². The van der Waals surface area contributed by atoms with Crippen LogP contribution in [-0.2, 0) is 9.53 Å². The third-order valence-electron chi connectivity index (χ3n) is 6.65. The second-order valence-electron chi connectivity index (χ2n) is 8.50. The Morgan fingerprint density at radius 2 is 2.07 bits per heavy atom. The molecule has 0 aromatic carbocycles. The Morgan fingerprint density at radius 1 is 1.30 bits per heavy atom. The fourth-order valence-electron chi connectivity index (χ4n) is 4.99.